The molecule has 0 saturated carbocycles. The summed E-state index contributed by atoms with van der Waals surface area (Å²) in [5.41, 5.74) is -3.04. The van der Waals surface area contributed by atoms with Gasteiger partial charge in [0.05, 0.1) is 22.9 Å². The summed E-state index contributed by atoms with van der Waals surface area (Å²) in [6, 6.07) is 4.67. The van der Waals surface area contributed by atoms with Crippen LogP contribution < -0.4 is 14.8 Å². The van der Waals surface area contributed by atoms with Crippen molar-refractivity contribution >= 4 is 29.2 Å². The first kappa shape index (κ1) is 21.7. The summed E-state index contributed by atoms with van der Waals surface area (Å²) in [4.78, 5) is 24.4. The van der Waals surface area contributed by atoms with Crippen LogP contribution >= 0.6 is 11.6 Å². The molecule has 2 aromatic rings. The van der Waals surface area contributed by atoms with Crippen LogP contribution in [0.2, 0.25) is 5.02 Å². The van der Waals surface area contributed by atoms with Crippen LogP contribution in [-0.2, 0) is 20.5 Å². The van der Waals surface area contributed by atoms with E-state index in [1.54, 1.807) is 6.92 Å². The van der Waals surface area contributed by atoms with Crippen molar-refractivity contribution in [2.45, 2.75) is 25.6 Å². The summed E-state index contributed by atoms with van der Waals surface area (Å²) in [7, 11) is 0. The normalized spacial score (nSPS) is 18.2. The number of hydrogen-bond donors (Lipinski definition) is 1. The van der Waals surface area contributed by atoms with E-state index in [0.29, 0.717) is 6.07 Å². The number of fused-ring (bicyclic) bond motifs is 1. The molecule has 1 amide bonds. The lowest BCUT2D eigenvalue weighted by atomic mass is 10.0. The van der Waals surface area contributed by atoms with Gasteiger partial charge in [-0.15, -0.1) is 0 Å². The zero-order chi connectivity index (χ0) is 22.3. The van der Waals surface area contributed by atoms with Crippen molar-refractivity contribution in [1.82, 2.24) is 0 Å². The Morgan fingerprint density at radius 2 is 1.97 bits per heavy atom. The number of rotatable bonds is 4. The van der Waals surface area contributed by atoms with Gasteiger partial charge in [-0.1, -0.05) is 11.6 Å². The van der Waals surface area contributed by atoms with Gasteiger partial charge in [-0.3, -0.25) is 4.79 Å². The number of ether oxygens (including phenoxy) is 3. The zero-order valence-corrected chi connectivity index (χ0v) is 16.3. The largest absolute Gasteiger partial charge is 0.463 e. The summed E-state index contributed by atoms with van der Waals surface area (Å²) in [5, 5.41) is 1.89. The summed E-state index contributed by atoms with van der Waals surface area (Å²) in [6.07, 6.45) is -4.78. The maximum Gasteiger partial charge on any atom is 0.416 e. The second-order valence-electron chi connectivity index (χ2n) is 6.34. The molecule has 0 fully saturated rings. The minimum Gasteiger partial charge on any atom is -0.463 e. The number of amides is 1. The van der Waals surface area contributed by atoms with Crippen molar-refractivity contribution < 1.29 is 41.4 Å². The zero-order valence-electron chi connectivity index (χ0n) is 15.5. The molecule has 6 nitrogen and oxygen atoms in total. The Bertz CT molecular complexity index is 1000. The van der Waals surface area contributed by atoms with Crippen molar-refractivity contribution in [2.24, 2.45) is 0 Å². The topological polar surface area (TPSA) is 73.9 Å². The monoisotopic (exact) mass is 447 g/mol. The molecule has 1 heterocycles. The minimum atomic E-state index is -4.78. The van der Waals surface area contributed by atoms with Crippen LogP contribution in [0.4, 0.5) is 23.2 Å². The molecule has 160 valence electrons. The maximum atomic E-state index is 14.2. The molecule has 1 unspecified atom stereocenters. The highest BCUT2D eigenvalue weighted by Crippen LogP contribution is 2.41. The Morgan fingerprint density at radius 3 is 2.57 bits per heavy atom. The summed E-state index contributed by atoms with van der Waals surface area (Å²) in [6.45, 7) is 2.79. The van der Waals surface area contributed by atoms with E-state index < -0.39 is 45.8 Å². The first-order valence-electron chi connectivity index (χ1n) is 8.51. The van der Waals surface area contributed by atoms with Gasteiger partial charge in [-0.25, -0.2) is 9.18 Å². The molecule has 0 bridgehead atoms. The average molecular weight is 448 g/mol. The van der Waals surface area contributed by atoms with Crippen LogP contribution in [0.3, 0.4) is 0 Å². The standard InChI is InChI=1S/C19H14ClF4NO5/c1-3-28-17(27)18(2)16(26)25-13-5-4-10(8-14(13)30-18)29-15-11(20)6-9(7-12(15)21)19(22,23)24/h4-8H,3H2,1-2H3,(H,25,26). The number of hydrogen-bond acceptors (Lipinski definition) is 5. The molecule has 3 rings (SSSR count). The van der Waals surface area contributed by atoms with Crippen LogP contribution in [0.1, 0.15) is 19.4 Å². The molecule has 30 heavy (non-hydrogen) atoms. The van der Waals surface area contributed by atoms with Crippen LogP contribution in [0, 0.1) is 5.82 Å². The van der Waals surface area contributed by atoms with Gasteiger partial charge < -0.3 is 19.5 Å². The molecular weight excluding hydrogens is 434 g/mol. The fourth-order valence-electron chi connectivity index (χ4n) is 2.60. The Balaban J connectivity index is 1.91. The number of esters is 1. The van der Waals surface area contributed by atoms with Crippen molar-refractivity contribution in [1.29, 1.82) is 0 Å². The molecule has 0 saturated heterocycles. The van der Waals surface area contributed by atoms with Gasteiger partial charge in [0.2, 0.25) is 0 Å². The van der Waals surface area contributed by atoms with Gasteiger partial charge in [-0.05, 0) is 38.1 Å². The van der Waals surface area contributed by atoms with Crippen LogP contribution in [0.5, 0.6) is 17.2 Å². The lowest BCUT2D eigenvalue weighted by Gasteiger charge is -2.32. The van der Waals surface area contributed by atoms with Crippen molar-refractivity contribution in [3.63, 3.8) is 0 Å². The Kier molecular flexibility index (Phi) is 5.55. The van der Waals surface area contributed by atoms with Gasteiger partial charge in [0.25, 0.3) is 11.5 Å². The summed E-state index contributed by atoms with van der Waals surface area (Å²) in [5.74, 6) is -3.67. The summed E-state index contributed by atoms with van der Waals surface area (Å²) >= 11 is 5.76. The van der Waals surface area contributed by atoms with E-state index in [2.05, 4.69) is 5.32 Å². The molecule has 1 aliphatic heterocycles. The van der Waals surface area contributed by atoms with E-state index in [0.717, 1.165) is 0 Å². The van der Waals surface area contributed by atoms with Gasteiger partial charge in [-0.2, -0.15) is 13.2 Å². The number of carbonyl (C=O) groups is 2. The van der Waals surface area contributed by atoms with E-state index >= 15 is 0 Å². The Labute approximate surface area is 172 Å². The predicted molar refractivity (Wildman–Crippen MR) is 97.2 cm³/mol. The van der Waals surface area contributed by atoms with E-state index in [1.807, 2.05) is 0 Å². The highest BCUT2D eigenvalue weighted by Gasteiger charge is 2.48. The fraction of sp³-hybridized carbons (Fsp3) is 0.263. The van der Waals surface area contributed by atoms with Crippen LogP contribution in [0.25, 0.3) is 0 Å². The smallest absolute Gasteiger partial charge is 0.416 e. The lowest BCUT2D eigenvalue weighted by molar-refractivity contribution is -0.165. The second-order valence-corrected chi connectivity index (χ2v) is 6.74. The highest BCUT2D eigenvalue weighted by atomic mass is 35.5. The number of carbonyl (C=O) groups excluding carboxylic acids is 2. The van der Waals surface area contributed by atoms with Crippen LogP contribution in [-0.4, -0.2) is 24.1 Å². The quantitative estimate of drug-likeness (QED) is 0.408. The number of alkyl halides is 3. The SMILES string of the molecule is CCOC(=O)C1(C)Oc2cc(Oc3c(F)cc(C(F)(F)F)cc3Cl)ccc2NC1=O. The van der Waals surface area contributed by atoms with E-state index in [9.17, 15) is 27.2 Å². The number of nitrogens with one attached hydrogen (secondary N) is 1. The molecule has 0 aliphatic carbocycles. The molecule has 1 aliphatic rings. The predicted octanol–water partition coefficient (Wildman–Crippen LogP) is 4.94. The van der Waals surface area contributed by atoms with Gasteiger partial charge >= 0.3 is 12.1 Å². The van der Waals surface area contributed by atoms with Crippen LogP contribution in [0.15, 0.2) is 30.3 Å². The molecule has 1 N–H and O–H groups in total. The van der Waals surface area contributed by atoms with Gasteiger partial charge in [0, 0.05) is 6.07 Å². The number of anilines is 1. The maximum absolute atomic E-state index is 14.2. The molecule has 0 aromatic heterocycles. The molecular formula is C19H14ClF4NO5. The first-order valence-corrected chi connectivity index (χ1v) is 8.89. The fourth-order valence-corrected chi connectivity index (χ4v) is 2.85. The Hall–Kier alpha value is -3.01. The second kappa shape index (κ2) is 7.67. The van der Waals surface area contributed by atoms with Gasteiger partial charge in [0.1, 0.15) is 11.5 Å². The molecule has 1 atom stereocenters. The minimum absolute atomic E-state index is 0.00564. The average Bonchev–Trinajstić information content (AvgIpc) is 2.65. The lowest BCUT2D eigenvalue weighted by Crippen LogP contribution is -2.55. The third-order valence-electron chi connectivity index (χ3n) is 4.16. The molecule has 11 heteroatoms. The summed E-state index contributed by atoms with van der Waals surface area (Å²) < 4.78 is 68.1. The van der Waals surface area contributed by atoms with E-state index in [1.165, 1.54) is 25.1 Å². The third kappa shape index (κ3) is 4.00. The number of halogens is 5. The third-order valence-corrected chi connectivity index (χ3v) is 4.44. The molecule has 0 radical (unpaired) electrons. The van der Waals surface area contributed by atoms with Crippen molar-refractivity contribution in [2.75, 3.05) is 11.9 Å². The van der Waals surface area contributed by atoms with Crippen molar-refractivity contribution in [3.8, 4) is 17.2 Å². The van der Waals surface area contributed by atoms with Crippen molar-refractivity contribution in [3.05, 3.63) is 46.7 Å². The van der Waals surface area contributed by atoms with E-state index in [-0.39, 0.29) is 29.9 Å². The molecule has 2 aromatic carbocycles. The van der Waals surface area contributed by atoms with Gasteiger partial charge in [0.15, 0.2) is 11.6 Å². The first-order chi connectivity index (χ1) is 14.0. The highest BCUT2D eigenvalue weighted by molar-refractivity contribution is 6.32. The number of benzene rings is 2. The Morgan fingerprint density at radius 1 is 1.27 bits per heavy atom. The van der Waals surface area contributed by atoms with E-state index in [4.69, 9.17) is 25.8 Å². The molecule has 0 spiro atoms.